The minimum atomic E-state index is 0.563. The van der Waals surface area contributed by atoms with Crippen LogP contribution in [0.25, 0.3) is 0 Å². The van der Waals surface area contributed by atoms with E-state index >= 15 is 0 Å². The summed E-state index contributed by atoms with van der Waals surface area (Å²) in [5.41, 5.74) is 3.63. The third kappa shape index (κ3) is 3.32. The molecule has 0 atom stereocenters. The average Bonchev–Trinajstić information content (AvgIpc) is 2.97. The van der Waals surface area contributed by atoms with E-state index in [9.17, 15) is 0 Å². The fourth-order valence-electron chi connectivity index (χ4n) is 2.81. The first-order valence-corrected chi connectivity index (χ1v) is 7.64. The molecule has 0 aliphatic heterocycles. The fourth-order valence-corrected chi connectivity index (χ4v) is 2.81. The molecule has 1 fully saturated rings. The standard InChI is InChI=1S/C17H22N4/c1-12-6-5-9-15(13(12)2)21-17-10-16(18-11-19-17)20-14-7-3-4-8-14/h5-6,9-11,14H,3-4,7-8H2,1-2H3,(H2,18,19,20,21). The van der Waals surface area contributed by atoms with Crippen molar-refractivity contribution in [1.82, 2.24) is 9.97 Å². The number of nitrogens with one attached hydrogen (secondary N) is 2. The Balaban J connectivity index is 1.74. The highest BCUT2D eigenvalue weighted by molar-refractivity contribution is 5.63. The van der Waals surface area contributed by atoms with Crippen molar-refractivity contribution in [2.75, 3.05) is 10.6 Å². The largest absolute Gasteiger partial charge is 0.367 e. The highest BCUT2D eigenvalue weighted by atomic mass is 15.1. The van der Waals surface area contributed by atoms with E-state index in [1.54, 1.807) is 6.33 Å². The van der Waals surface area contributed by atoms with Gasteiger partial charge in [-0.15, -0.1) is 0 Å². The maximum absolute atomic E-state index is 4.32. The van der Waals surface area contributed by atoms with Crippen molar-refractivity contribution < 1.29 is 0 Å². The van der Waals surface area contributed by atoms with E-state index in [0.717, 1.165) is 17.3 Å². The molecule has 4 nitrogen and oxygen atoms in total. The lowest BCUT2D eigenvalue weighted by Crippen LogP contribution is -2.15. The summed E-state index contributed by atoms with van der Waals surface area (Å²) in [6, 6.07) is 8.81. The van der Waals surface area contributed by atoms with Crippen LogP contribution in [0.5, 0.6) is 0 Å². The van der Waals surface area contributed by atoms with Gasteiger partial charge in [0.25, 0.3) is 0 Å². The first kappa shape index (κ1) is 13.9. The maximum atomic E-state index is 4.32. The average molecular weight is 282 g/mol. The third-order valence-electron chi connectivity index (χ3n) is 4.24. The first-order valence-electron chi connectivity index (χ1n) is 7.64. The van der Waals surface area contributed by atoms with Gasteiger partial charge in [0.15, 0.2) is 0 Å². The molecule has 2 N–H and O–H groups in total. The van der Waals surface area contributed by atoms with Gasteiger partial charge in [-0.3, -0.25) is 0 Å². The quantitative estimate of drug-likeness (QED) is 0.882. The Labute approximate surface area is 126 Å². The van der Waals surface area contributed by atoms with Gasteiger partial charge in [0, 0.05) is 17.8 Å². The molecule has 1 saturated carbocycles. The van der Waals surface area contributed by atoms with Crippen molar-refractivity contribution in [1.29, 1.82) is 0 Å². The summed E-state index contributed by atoms with van der Waals surface area (Å²) in [5.74, 6) is 1.74. The van der Waals surface area contributed by atoms with Crippen LogP contribution >= 0.6 is 0 Å². The molecule has 1 aromatic heterocycles. The molecule has 0 spiro atoms. The molecule has 0 saturated heterocycles. The van der Waals surface area contributed by atoms with Crippen LogP contribution in [0, 0.1) is 13.8 Å². The second-order valence-corrected chi connectivity index (χ2v) is 5.79. The summed E-state index contributed by atoms with van der Waals surface area (Å²) >= 11 is 0. The highest BCUT2D eigenvalue weighted by Crippen LogP contribution is 2.24. The maximum Gasteiger partial charge on any atom is 0.135 e. The van der Waals surface area contributed by atoms with Gasteiger partial charge in [-0.05, 0) is 43.9 Å². The number of aryl methyl sites for hydroxylation is 1. The highest BCUT2D eigenvalue weighted by Gasteiger charge is 2.15. The van der Waals surface area contributed by atoms with Crippen molar-refractivity contribution in [2.24, 2.45) is 0 Å². The molecule has 1 aromatic carbocycles. The molecular weight excluding hydrogens is 260 g/mol. The van der Waals surface area contributed by atoms with Gasteiger partial charge in [-0.1, -0.05) is 25.0 Å². The first-order chi connectivity index (χ1) is 10.2. The molecule has 0 bridgehead atoms. The number of hydrogen-bond acceptors (Lipinski definition) is 4. The van der Waals surface area contributed by atoms with Crippen LogP contribution in [0.2, 0.25) is 0 Å². The van der Waals surface area contributed by atoms with Gasteiger partial charge >= 0.3 is 0 Å². The fraction of sp³-hybridized carbons (Fsp3) is 0.412. The summed E-state index contributed by atoms with van der Waals surface area (Å²) in [7, 11) is 0. The molecule has 0 radical (unpaired) electrons. The molecule has 1 heterocycles. The SMILES string of the molecule is Cc1cccc(Nc2cc(NC3CCCC3)ncn2)c1C. The minimum Gasteiger partial charge on any atom is -0.367 e. The second kappa shape index (κ2) is 6.12. The predicted molar refractivity (Wildman–Crippen MR) is 87.1 cm³/mol. The Morgan fingerprint density at radius 2 is 1.81 bits per heavy atom. The predicted octanol–water partition coefficient (Wildman–Crippen LogP) is 4.19. The molecule has 4 heteroatoms. The van der Waals surface area contributed by atoms with Crippen LogP contribution in [0.15, 0.2) is 30.6 Å². The summed E-state index contributed by atoms with van der Waals surface area (Å²) in [4.78, 5) is 8.64. The zero-order chi connectivity index (χ0) is 14.7. The van der Waals surface area contributed by atoms with Gasteiger partial charge in [-0.2, -0.15) is 0 Å². The second-order valence-electron chi connectivity index (χ2n) is 5.79. The van der Waals surface area contributed by atoms with Crippen LogP contribution < -0.4 is 10.6 Å². The molecule has 0 amide bonds. The Morgan fingerprint density at radius 1 is 1.05 bits per heavy atom. The molecule has 2 aromatic rings. The Kier molecular flexibility index (Phi) is 4.04. The number of benzene rings is 1. The Morgan fingerprint density at radius 3 is 2.62 bits per heavy atom. The number of aromatic nitrogens is 2. The lowest BCUT2D eigenvalue weighted by molar-refractivity contribution is 0.750. The molecular formula is C17H22N4. The van der Waals surface area contributed by atoms with E-state index in [4.69, 9.17) is 0 Å². The lowest BCUT2D eigenvalue weighted by atomic mass is 10.1. The van der Waals surface area contributed by atoms with Crippen molar-refractivity contribution in [3.05, 3.63) is 41.7 Å². The van der Waals surface area contributed by atoms with E-state index in [1.165, 1.54) is 36.8 Å². The van der Waals surface area contributed by atoms with E-state index in [1.807, 2.05) is 6.07 Å². The normalized spacial score (nSPS) is 15.1. The van der Waals surface area contributed by atoms with Crippen LogP contribution in [-0.4, -0.2) is 16.0 Å². The minimum absolute atomic E-state index is 0.563. The molecule has 1 aliphatic carbocycles. The smallest absolute Gasteiger partial charge is 0.135 e. The van der Waals surface area contributed by atoms with Crippen molar-refractivity contribution >= 4 is 17.3 Å². The number of nitrogens with zero attached hydrogens (tertiary/aromatic N) is 2. The van der Waals surface area contributed by atoms with Gasteiger partial charge < -0.3 is 10.6 Å². The van der Waals surface area contributed by atoms with Crippen molar-refractivity contribution in [3.8, 4) is 0 Å². The van der Waals surface area contributed by atoms with E-state index in [-0.39, 0.29) is 0 Å². The Hall–Kier alpha value is -2.10. The molecule has 110 valence electrons. The van der Waals surface area contributed by atoms with Crippen LogP contribution in [0.3, 0.4) is 0 Å². The Bertz CT molecular complexity index is 618. The number of rotatable bonds is 4. The summed E-state index contributed by atoms with van der Waals surface area (Å²) in [6.45, 7) is 4.24. The summed E-state index contributed by atoms with van der Waals surface area (Å²) in [5, 5.41) is 6.89. The van der Waals surface area contributed by atoms with Crippen LogP contribution in [0.1, 0.15) is 36.8 Å². The zero-order valence-corrected chi connectivity index (χ0v) is 12.7. The third-order valence-corrected chi connectivity index (χ3v) is 4.24. The zero-order valence-electron chi connectivity index (χ0n) is 12.7. The lowest BCUT2D eigenvalue weighted by Gasteiger charge is -2.14. The van der Waals surface area contributed by atoms with Gasteiger partial charge in [-0.25, -0.2) is 9.97 Å². The van der Waals surface area contributed by atoms with Crippen LogP contribution in [-0.2, 0) is 0 Å². The van der Waals surface area contributed by atoms with Gasteiger partial charge in [0.2, 0.25) is 0 Å². The number of anilines is 3. The van der Waals surface area contributed by atoms with Crippen LogP contribution in [0.4, 0.5) is 17.3 Å². The molecule has 3 rings (SSSR count). The monoisotopic (exact) mass is 282 g/mol. The van der Waals surface area contributed by atoms with Crippen molar-refractivity contribution in [3.63, 3.8) is 0 Å². The molecule has 0 unspecified atom stereocenters. The van der Waals surface area contributed by atoms with E-state index < -0.39 is 0 Å². The van der Waals surface area contributed by atoms with E-state index in [0.29, 0.717) is 6.04 Å². The number of hydrogen-bond donors (Lipinski definition) is 2. The van der Waals surface area contributed by atoms with Crippen molar-refractivity contribution in [2.45, 2.75) is 45.6 Å². The topological polar surface area (TPSA) is 49.8 Å². The summed E-state index contributed by atoms with van der Waals surface area (Å²) in [6.07, 6.45) is 6.73. The van der Waals surface area contributed by atoms with Gasteiger partial charge in [0.05, 0.1) is 0 Å². The molecule has 21 heavy (non-hydrogen) atoms. The molecule has 1 aliphatic rings. The van der Waals surface area contributed by atoms with Gasteiger partial charge in [0.1, 0.15) is 18.0 Å². The van der Waals surface area contributed by atoms with E-state index in [2.05, 4.69) is 52.6 Å². The summed E-state index contributed by atoms with van der Waals surface area (Å²) < 4.78 is 0.